The zero-order chi connectivity index (χ0) is 14.4. The van der Waals surface area contributed by atoms with Gasteiger partial charge < -0.3 is 11.1 Å². The molecular formula is C17H20N2O. The Balaban J connectivity index is 1.85. The number of nitrogens with one attached hydrogen (secondary N) is 1. The van der Waals surface area contributed by atoms with E-state index in [1.165, 1.54) is 5.56 Å². The molecule has 0 aromatic heterocycles. The van der Waals surface area contributed by atoms with Gasteiger partial charge in [-0.15, -0.1) is 0 Å². The topological polar surface area (TPSA) is 55.1 Å². The van der Waals surface area contributed by atoms with Crippen LogP contribution in [-0.4, -0.2) is 5.91 Å². The highest BCUT2D eigenvalue weighted by molar-refractivity contribution is 5.78. The summed E-state index contributed by atoms with van der Waals surface area (Å²) in [5, 5.41) is 2.94. The summed E-state index contributed by atoms with van der Waals surface area (Å²) in [6, 6.07) is 16.0. The number of nitrogens with two attached hydrogens (primary N) is 1. The van der Waals surface area contributed by atoms with E-state index in [1.807, 2.05) is 49.4 Å². The van der Waals surface area contributed by atoms with Crippen molar-refractivity contribution in [1.82, 2.24) is 5.32 Å². The van der Waals surface area contributed by atoms with Gasteiger partial charge in [0.25, 0.3) is 0 Å². The number of carbonyl (C=O) groups excluding carboxylic acids is 1. The molecular weight excluding hydrogens is 248 g/mol. The van der Waals surface area contributed by atoms with Gasteiger partial charge >= 0.3 is 0 Å². The fourth-order valence-electron chi connectivity index (χ4n) is 2.06. The maximum atomic E-state index is 11.9. The van der Waals surface area contributed by atoms with E-state index in [-0.39, 0.29) is 5.91 Å². The molecule has 104 valence electrons. The summed E-state index contributed by atoms with van der Waals surface area (Å²) in [6.45, 7) is 3.14. The van der Waals surface area contributed by atoms with Gasteiger partial charge in [0, 0.05) is 13.1 Å². The smallest absolute Gasteiger partial charge is 0.224 e. The molecule has 0 saturated heterocycles. The summed E-state index contributed by atoms with van der Waals surface area (Å²) in [6.07, 6.45) is 0.399. The molecule has 1 amide bonds. The molecule has 0 unspecified atom stereocenters. The van der Waals surface area contributed by atoms with Crippen LogP contribution in [0.5, 0.6) is 0 Å². The van der Waals surface area contributed by atoms with E-state index in [1.54, 1.807) is 0 Å². The number of benzene rings is 2. The van der Waals surface area contributed by atoms with Crippen molar-refractivity contribution in [1.29, 1.82) is 0 Å². The van der Waals surface area contributed by atoms with Crippen molar-refractivity contribution in [3.63, 3.8) is 0 Å². The third-order valence-electron chi connectivity index (χ3n) is 3.20. The molecule has 2 rings (SSSR count). The average molecular weight is 268 g/mol. The van der Waals surface area contributed by atoms with Crippen LogP contribution in [0.15, 0.2) is 48.5 Å². The lowest BCUT2D eigenvalue weighted by atomic mass is 10.1. The first-order valence-electron chi connectivity index (χ1n) is 6.77. The van der Waals surface area contributed by atoms with Crippen molar-refractivity contribution < 1.29 is 4.79 Å². The van der Waals surface area contributed by atoms with Crippen molar-refractivity contribution >= 4 is 5.91 Å². The maximum absolute atomic E-state index is 11.9. The van der Waals surface area contributed by atoms with Crippen molar-refractivity contribution in [2.75, 3.05) is 0 Å². The number of aryl methyl sites for hydroxylation is 1. The Hall–Kier alpha value is -2.13. The van der Waals surface area contributed by atoms with Crippen molar-refractivity contribution in [2.24, 2.45) is 5.73 Å². The standard InChI is InChI=1S/C17H20N2O/c1-13-3-2-4-16(9-13)12-19-17(20)10-14-5-7-15(11-18)8-6-14/h2-9H,10-12,18H2,1H3,(H,19,20). The first kappa shape index (κ1) is 14.3. The number of rotatable bonds is 5. The van der Waals surface area contributed by atoms with Crippen LogP contribution >= 0.6 is 0 Å². The molecule has 0 atom stereocenters. The second-order valence-corrected chi connectivity index (χ2v) is 4.96. The Morgan fingerprint density at radius 3 is 2.40 bits per heavy atom. The van der Waals surface area contributed by atoms with E-state index in [0.29, 0.717) is 19.5 Å². The second-order valence-electron chi connectivity index (χ2n) is 4.96. The third-order valence-corrected chi connectivity index (χ3v) is 3.20. The second kappa shape index (κ2) is 6.87. The maximum Gasteiger partial charge on any atom is 0.224 e. The summed E-state index contributed by atoms with van der Waals surface area (Å²) in [7, 11) is 0. The summed E-state index contributed by atoms with van der Waals surface area (Å²) < 4.78 is 0. The fraction of sp³-hybridized carbons (Fsp3) is 0.235. The van der Waals surface area contributed by atoms with Gasteiger partial charge in [0.15, 0.2) is 0 Å². The highest BCUT2D eigenvalue weighted by atomic mass is 16.1. The van der Waals surface area contributed by atoms with Crippen LogP contribution in [0.4, 0.5) is 0 Å². The summed E-state index contributed by atoms with van der Waals surface area (Å²) in [5.41, 5.74) is 9.95. The Labute approximate surface area is 119 Å². The predicted molar refractivity (Wildman–Crippen MR) is 81.1 cm³/mol. The summed E-state index contributed by atoms with van der Waals surface area (Å²) in [5.74, 6) is 0.0343. The van der Waals surface area contributed by atoms with E-state index >= 15 is 0 Å². The molecule has 0 fully saturated rings. The molecule has 0 heterocycles. The van der Waals surface area contributed by atoms with Crippen LogP contribution < -0.4 is 11.1 Å². The van der Waals surface area contributed by atoms with Crippen molar-refractivity contribution in [3.8, 4) is 0 Å². The van der Waals surface area contributed by atoms with Gasteiger partial charge in [-0.2, -0.15) is 0 Å². The van der Waals surface area contributed by atoms with Crippen LogP contribution in [0.1, 0.15) is 22.3 Å². The quantitative estimate of drug-likeness (QED) is 0.874. The third kappa shape index (κ3) is 4.21. The van der Waals surface area contributed by atoms with Crippen LogP contribution in [0.25, 0.3) is 0 Å². The van der Waals surface area contributed by atoms with E-state index in [9.17, 15) is 4.79 Å². The number of carbonyl (C=O) groups is 1. The normalized spacial score (nSPS) is 10.3. The molecule has 2 aromatic rings. The average Bonchev–Trinajstić information content (AvgIpc) is 2.46. The minimum atomic E-state index is 0.0343. The molecule has 3 nitrogen and oxygen atoms in total. The Bertz CT molecular complexity index is 576. The molecule has 3 heteroatoms. The minimum Gasteiger partial charge on any atom is -0.352 e. The van der Waals surface area contributed by atoms with E-state index in [2.05, 4.69) is 11.4 Å². The molecule has 0 aliphatic heterocycles. The molecule has 0 radical (unpaired) electrons. The largest absolute Gasteiger partial charge is 0.352 e. The van der Waals surface area contributed by atoms with Crippen LogP contribution in [0, 0.1) is 6.92 Å². The van der Waals surface area contributed by atoms with E-state index in [4.69, 9.17) is 5.73 Å². The molecule has 0 saturated carbocycles. The van der Waals surface area contributed by atoms with Gasteiger partial charge in [0.05, 0.1) is 6.42 Å². The molecule has 2 aromatic carbocycles. The minimum absolute atomic E-state index is 0.0343. The van der Waals surface area contributed by atoms with Gasteiger partial charge in [-0.05, 0) is 23.6 Å². The molecule has 0 aliphatic rings. The zero-order valence-corrected chi connectivity index (χ0v) is 11.7. The monoisotopic (exact) mass is 268 g/mol. The fourth-order valence-corrected chi connectivity index (χ4v) is 2.06. The lowest BCUT2D eigenvalue weighted by Gasteiger charge is -2.07. The van der Waals surface area contributed by atoms with E-state index < -0.39 is 0 Å². The first-order chi connectivity index (χ1) is 9.67. The van der Waals surface area contributed by atoms with E-state index in [0.717, 1.165) is 16.7 Å². The SMILES string of the molecule is Cc1cccc(CNC(=O)Cc2ccc(CN)cc2)c1. The van der Waals surface area contributed by atoms with Crippen LogP contribution in [0.2, 0.25) is 0 Å². The van der Waals surface area contributed by atoms with Crippen LogP contribution in [-0.2, 0) is 24.3 Å². The van der Waals surface area contributed by atoms with Crippen LogP contribution in [0.3, 0.4) is 0 Å². The molecule has 0 bridgehead atoms. The number of hydrogen-bond acceptors (Lipinski definition) is 2. The Morgan fingerprint density at radius 2 is 1.75 bits per heavy atom. The lowest BCUT2D eigenvalue weighted by Crippen LogP contribution is -2.24. The highest BCUT2D eigenvalue weighted by Crippen LogP contribution is 2.06. The molecule has 3 N–H and O–H groups in total. The Morgan fingerprint density at radius 1 is 1.05 bits per heavy atom. The summed E-state index contributed by atoms with van der Waals surface area (Å²) >= 11 is 0. The number of amides is 1. The highest BCUT2D eigenvalue weighted by Gasteiger charge is 2.03. The summed E-state index contributed by atoms with van der Waals surface area (Å²) in [4.78, 5) is 11.9. The molecule has 0 aliphatic carbocycles. The molecule has 20 heavy (non-hydrogen) atoms. The Kier molecular flexibility index (Phi) is 4.91. The van der Waals surface area contributed by atoms with Crippen molar-refractivity contribution in [3.05, 3.63) is 70.8 Å². The molecule has 0 spiro atoms. The van der Waals surface area contributed by atoms with Crippen molar-refractivity contribution in [2.45, 2.75) is 26.4 Å². The lowest BCUT2D eigenvalue weighted by molar-refractivity contribution is -0.120. The van der Waals surface area contributed by atoms with Gasteiger partial charge in [0.1, 0.15) is 0 Å². The van der Waals surface area contributed by atoms with Gasteiger partial charge in [-0.3, -0.25) is 4.79 Å². The zero-order valence-electron chi connectivity index (χ0n) is 11.7. The van der Waals surface area contributed by atoms with Gasteiger partial charge in [0.2, 0.25) is 5.91 Å². The predicted octanol–water partition coefficient (Wildman–Crippen LogP) is 2.31. The van der Waals surface area contributed by atoms with Gasteiger partial charge in [-0.1, -0.05) is 54.1 Å². The number of hydrogen-bond donors (Lipinski definition) is 2. The van der Waals surface area contributed by atoms with Gasteiger partial charge in [-0.25, -0.2) is 0 Å². The first-order valence-corrected chi connectivity index (χ1v) is 6.77.